The van der Waals surface area contributed by atoms with Gasteiger partial charge in [-0.3, -0.25) is 4.79 Å². The number of rotatable bonds is 6. The fourth-order valence-electron chi connectivity index (χ4n) is 2.56. The van der Waals surface area contributed by atoms with E-state index in [4.69, 9.17) is 0 Å². The predicted molar refractivity (Wildman–Crippen MR) is 95.7 cm³/mol. The molecule has 3 rings (SSSR count). The number of imidazole rings is 1. The Kier molecular flexibility index (Phi) is 5.33. The summed E-state index contributed by atoms with van der Waals surface area (Å²) in [7, 11) is 0. The molecule has 2 aromatic carbocycles. The van der Waals surface area contributed by atoms with Crippen LogP contribution in [0.4, 0.5) is 8.78 Å². The van der Waals surface area contributed by atoms with Crippen molar-refractivity contribution in [2.45, 2.75) is 12.5 Å². The summed E-state index contributed by atoms with van der Waals surface area (Å²) in [5.74, 6) is -0.778. The maximum atomic E-state index is 13.8. The zero-order valence-corrected chi connectivity index (χ0v) is 14.4. The number of hydrogen-bond acceptors (Lipinski definition) is 3. The van der Waals surface area contributed by atoms with Crippen molar-refractivity contribution in [1.82, 2.24) is 15.3 Å². The molecule has 130 valence electrons. The number of hydrogen-bond donors (Lipinski definition) is 2. The van der Waals surface area contributed by atoms with Crippen molar-refractivity contribution in [3.8, 4) is 0 Å². The second-order valence-electron chi connectivity index (χ2n) is 5.57. The van der Waals surface area contributed by atoms with Crippen molar-refractivity contribution in [2.24, 2.45) is 0 Å². The van der Waals surface area contributed by atoms with E-state index in [1.165, 1.54) is 0 Å². The normalized spacial score (nSPS) is 12.3. The van der Waals surface area contributed by atoms with E-state index < -0.39 is 23.6 Å². The first-order valence-electron chi connectivity index (χ1n) is 7.78. The minimum atomic E-state index is -0.884. The topological polar surface area (TPSA) is 57.8 Å². The number of carbonyl (C=O) groups is 1. The highest BCUT2D eigenvalue weighted by Gasteiger charge is 2.21. The molecule has 4 nitrogen and oxygen atoms in total. The number of aromatic nitrogens is 2. The zero-order chi connectivity index (χ0) is 17.8. The molecule has 0 saturated carbocycles. The molecule has 1 amide bonds. The molecule has 1 aromatic heterocycles. The Labute approximate surface area is 148 Å². The summed E-state index contributed by atoms with van der Waals surface area (Å²) in [4.78, 5) is 20.1. The number of nitrogens with one attached hydrogen (secondary N) is 2. The van der Waals surface area contributed by atoms with Gasteiger partial charge in [-0.25, -0.2) is 13.8 Å². The van der Waals surface area contributed by atoms with Crippen LogP contribution in [0, 0.1) is 11.6 Å². The Balaban J connectivity index is 1.86. The van der Waals surface area contributed by atoms with E-state index in [9.17, 15) is 13.6 Å². The lowest BCUT2D eigenvalue weighted by Crippen LogP contribution is -2.30. The van der Waals surface area contributed by atoms with Gasteiger partial charge in [-0.15, -0.1) is 0 Å². The van der Waals surface area contributed by atoms with Gasteiger partial charge >= 0.3 is 0 Å². The average molecular weight is 361 g/mol. The zero-order valence-electron chi connectivity index (χ0n) is 13.6. The molecule has 0 saturated heterocycles. The molecule has 2 N–H and O–H groups in total. The number of carbonyl (C=O) groups excluding carboxylic acids is 1. The molecule has 3 aromatic rings. The van der Waals surface area contributed by atoms with Gasteiger partial charge in [-0.2, -0.15) is 11.8 Å². The lowest BCUT2D eigenvalue weighted by atomic mass is 10.1. The Morgan fingerprint density at radius 3 is 2.80 bits per heavy atom. The highest BCUT2D eigenvalue weighted by atomic mass is 32.2. The Morgan fingerprint density at radius 1 is 1.28 bits per heavy atom. The molecule has 1 heterocycles. The number of para-hydroxylation sites is 2. The molecule has 0 radical (unpaired) electrons. The molecule has 7 heteroatoms. The fourth-order valence-corrected chi connectivity index (χ4v) is 3.03. The van der Waals surface area contributed by atoms with Crippen LogP contribution in [0.15, 0.2) is 42.5 Å². The summed E-state index contributed by atoms with van der Waals surface area (Å²) < 4.78 is 26.9. The number of thioether (sulfide) groups is 1. The summed E-state index contributed by atoms with van der Waals surface area (Å²) in [5.41, 5.74) is 1.48. The molecule has 0 bridgehead atoms. The first-order chi connectivity index (χ1) is 12.1. The molecule has 1 atom stereocenters. The van der Waals surface area contributed by atoms with Gasteiger partial charge in [-0.05, 0) is 42.7 Å². The van der Waals surface area contributed by atoms with E-state index >= 15 is 0 Å². The van der Waals surface area contributed by atoms with Crippen molar-refractivity contribution < 1.29 is 13.6 Å². The maximum Gasteiger partial charge on any atom is 0.254 e. The van der Waals surface area contributed by atoms with Gasteiger partial charge in [0.05, 0.1) is 22.6 Å². The van der Waals surface area contributed by atoms with Gasteiger partial charge in [0.2, 0.25) is 0 Å². The standard InChI is InChI=1S/C18H17F2N3OS/c1-25-9-8-16(17-21-14-4-2-3-5-15(14)22-17)23-18(24)12-7-6-11(19)10-13(12)20/h2-7,10,16H,8-9H2,1H3,(H,21,22)(H,23,24)/t16-/m0/s1. The van der Waals surface area contributed by atoms with Crippen molar-refractivity contribution >= 4 is 28.7 Å². The molecule has 25 heavy (non-hydrogen) atoms. The van der Waals surface area contributed by atoms with Gasteiger partial charge in [0.1, 0.15) is 17.5 Å². The summed E-state index contributed by atoms with van der Waals surface area (Å²) in [5, 5.41) is 2.80. The number of amides is 1. The van der Waals surface area contributed by atoms with Crippen LogP contribution in [0.2, 0.25) is 0 Å². The van der Waals surface area contributed by atoms with Gasteiger partial charge in [0.15, 0.2) is 0 Å². The van der Waals surface area contributed by atoms with E-state index in [2.05, 4.69) is 15.3 Å². The fraction of sp³-hybridized carbons (Fsp3) is 0.222. The Bertz CT molecular complexity index is 864. The van der Waals surface area contributed by atoms with Crippen LogP contribution in [0.25, 0.3) is 11.0 Å². The number of halogens is 2. The molecular formula is C18H17F2N3OS. The molecule has 0 fully saturated rings. The second kappa shape index (κ2) is 7.65. The quantitative estimate of drug-likeness (QED) is 0.696. The minimum Gasteiger partial charge on any atom is -0.342 e. The molecule has 0 spiro atoms. The highest BCUT2D eigenvalue weighted by molar-refractivity contribution is 7.98. The van der Waals surface area contributed by atoms with E-state index in [0.717, 1.165) is 28.9 Å². The molecule has 0 unspecified atom stereocenters. The third kappa shape index (κ3) is 3.99. The van der Waals surface area contributed by atoms with Gasteiger partial charge in [0.25, 0.3) is 5.91 Å². The number of fused-ring (bicyclic) bond motifs is 1. The van der Waals surface area contributed by atoms with Gasteiger partial charge < -0.3 is 10.3 Å². The molecule has 0 aliphatic heterocycles. The maximum absolute atomic E-state index is 13.8. The molecular weight excluding hydrogens is 344 g/mol. The average Bonchev–Trinajstić information content (AvgIpc) is 3.02. The predicted octanol–water partition coefficient (Wildman–Crippen LogP) is 4.07. The van der Waals surface area contributed by atoms with Crippen LogP contribution in [0.5, 0.6) is 0 Å². The largest absolute Gasteiger partial charge is 0.342 e. The smallest absolute Gasteiger partial charge is 0.254 e. The van der Waals surface area contributed by atoms with Gasteiger partial charge in [0, 0.05) is 6.07 Å². The molecule has 0 aliphatic carbocycles. The second-order valence-corrected chi connectivity index (χ2v) is 6.56. The van der Waals surface area contributed by atoms with Crippen LogP contribution in [-0.2, 0) is 0 Å². The Hall–Kier alpha value is -2.41. The lowest BCUT2D eigenvalue weighted by Gasteiger charge is -2.16. The van der Waals surface area contributed by atoms with Gasteiger partial charge in [-0.1, -0.05) is 12.1 Å². The van der Waals surface area contributed by atoms with E-state index in [-0.39, 0.29) is 5.56 Å². The lowest BCUT2D eigenvalue weighted by molar-refractivity contribution is 0.0930. The van der Waals surface area contributed by atoms with E-state index in [1.54, 1.807) is 11.8 Å². The monoisotopic (exact) mass is 361 g/mol. The highest BCUT2D eigenvalue weighted by Crippen LogP contribution is 2.21. The van der Waals surface area contributed by atoms with Crippen LogP contribution in [0.1, 0.15) is 28.6 Å². The van der Waals surface area contributed by atoms with E-state index in [1.807, 2.05) is 30.5 Å². The van der Waals surface area contributed by atoms with Crippen molar-refractivity contribution in [2.75, 3.05) is 12.0 Å². The number of H-pyrrole nitrogens is 1. The number of nitrogens with zero attached hydrogens (tertiary/aromatic N) is 1. The summed E-state index contributed by atoms with van der Waals surface area (Å²) in [6.07, 6.45) is 2.60. The van der Waals surface area contributed by atoms with Crippen molar-refractivity contribution in [3.05, 3.63) is 65.5 Å². The number of aromatic amines is 1. The van der Waals surface area contributed by atoms with Crippen molar-refractivity contribution in [1.29, 1.82) is 0 Å². The molecule has 0 aliphatic rings. The van der Waals surface area contributed by atoms with Crippen molar-refractivity contribution in [3.63, 3.8) is 0 Å². The summed E-state index contributed by atoms with van der Waals surface area (Å²) in [6, 6.07) is 10.1. The van der Waals surface area contributed by atoms with Crippen LogP contribution in [0.3, 0.4) is 0 Å². The SMILES string of the molecule is CSCC[C@H](NC(=O)c1ccc(F)cc1F)c1nc2ccccc2[nH]1. The first-order valence-corrected chi connectivity index (χ1v) is 9.17. The third-order valence-corrected chi connectivity index (χ3v) is 4.47. The Morgan fingerprint density at radius 2 is 2.08 bits per heavy atom. The summed E-state index contributed by atoms with van der Waals surface area (Å²) in [6.45, 7) is 0. The number of benzene rings is 2. The first kappa shape index (κ1) is 17.4. The third-order valence-electron chi connectivity index (χ3n) is 3.83. The summed E-state index contributed by atoms with van der Waals surface area (Å²) >= 11 is 1.64. The van der Waals surface area contributed by atoms with Crippen LogP contribution < -0.4 is 5.32 Å². The van der Waals surface area contributed by atoms with Crippen LogP contribution >= 0.6 is 11.8 Å². The van der Waals surface area contributed by atoms with E-state index in [0.29, 0.717) is 18.3 Å². The van der Waals surface area contributed by atoms with Crippen LogP contribution in [-0.4, -0.2) is 27.9 Å². The minimum absolute atomic E-state index is 0.188.